The number of hydrogen-bond acceptors (Lipinski definition) is 7. The van der Waals surface area contributed by atoms with Gasteiger partial charge in [0.2, 0.25) is 0 Å². The van der Waals surface area contributed by atoms with Crippen LogP contribution in [0, 0.1) is 0 Å². The van der Waals surface area contributed by atoms with Crippen LogP contribution < -0.4 is 0 Å². The van der Waals surface area contributed by atoms with Crippen LogP contribution in [0.25, 0.3) is 0 Å². The van der Waals surface area contributed by atoms with Gasteiger partial charge in [-0.1, -0.05) is 0 Å². The highest BCUT2D eigenvalue weighted by Crippen LogP contribution is 2.07. The van der Waals surface area contributed by atoms with E-state index in [-0.39, 0.29) is 6.29 Å². The van der Waals surface area contributed by atoms with Gasteiger partial charge in [0.1, 0.15) is 30.5 Å². The second-order valence-electron chi connectivity index (χ2n) is 2.85. The first-order valence-electron chi connectivity index (χ1n) is 3.92. The van der Waals surface area contributed by atoms with Gasteiger partial charge in [0.15, 0.2) is 6.29 Å². The summed E-state index contributed by atoms with van der Waals surface area (Å²) in [6, 6.07) is 0. The second-order valence-corrected chi connectivity index (χ2v) is 2.85. The minimum atomic E-state index is -1.92. The third kappa shape index (κ3) is 3.29. The molecule has 0 rings (SSSR count). The van der Waals surface area contributed by atoms with Crippen LogP contribution in [-0.2, 0) is 4.79 Å². The smallest absolute Gasteiger partial charge is 0.151 e. The fourth-order valence-corrected chi connectivity index (χ4v) is 0.820. The van der Waals surface area contributed by atoms with Gasteiger partial charge in [-0.05, 0) is 0 Å². The molecule has 0 heterocycles. The van der Waals surface area contributed by atoms with E-state index < -0.39 is 37.1 Å². The molecule has 0 aromatic carbocycles. The minimum absolute atomic E-state index is 0.0219. The predicted molar refractivity (Wildman–Crippen MR) is 43.2 cm³/mol. The van der Waals surface area contributed by atoms with Gasteiger partial charge in [-0.15, -0.1) is 0 Å². The first-order chi connectivity index (χ1) is 6.45. The highest BCUT2D eigenvalue weighted by Gasteiger charge is 2.33. The zero-order valence-corrected chi connectivity index (χ0v) is 7.26. The molecule has 0 unspecified atom stereocenters. The Bertz CT molecular complexity index is 173. The average Bonchev–Trinajstić information content (AvgIpc) is 2.23. The molecule has 0 aromatic rings. The van der Waals surface area contributed by atoms with E-state index in [0.717, 1.165) is 0 Å². The Hall–Kier alpha value is -0.570. The Balaban J connectivity index is 4.29. The molecule has 6 N–H and O–H groups in total. The van der Waals surface area contributed by atoms with Crippen LogP contribution in [0.1, 0.15) is 0 Å². The molecule has 0 saturated heterocycles. The number of aliphatic hydroxyl groups excluding tert-OH is 6. The lowest BCUT2D eigenvalue weighted by atomic mass is 10.0. The van der Waals surface area contributed by atoms with Crippen molar-refractivity contribution in [3.63, 3.8) is 0 Å². The molecular formula is C7H14O7. The maximum absolute atomic E-state index is 10.00. The van der Waals surface area contributed by atoms with Crippen molar-refractivity contribution in [2.24, 2.45) is 0 Å². The number of aliphatic hydroxyl groups is 6. The number of rotatable bonds is 6. The monoisotopic (exact) mass is 210 g/mol. The van der Waals surface area contributed by atoms with Crippen molar-refractivity contribution < 1.29 is 35.4 Å². The van der Waals surface area contributed by atoms with Gasteiger partial charge in [-0.3, -0.25) is 0 Å². The summed E-state index contributed by atoms with van der Waals surface area (Å²) in [6.45, 7) is -0.817. The van der Waals surface area contributed by atoms with Crippen molar-refractivity contribution >= 4 is 6.29 Å². The van der Waals surface area contributed by atoms with Crippen LogP contribution in [0.3, 0.4) is 0 Å². The lowest BCUT2D eigenvalue weighted by Crippen LogP contribution is -2.50. The summed E-state index contributed by atoms with van der Waals surface area (Å²) in [6.07, 6.45) is -9.21. The summed E-state index contributed by atoms with van der Waals surface area (Å²) < 4.78 is 0. The van der Waals surface area contributed by atoms with Gasteiger partial charge in [0.25, 0.3) is 0 Å². The normalized spacial score (nSPS) is 22.1. The Morgan fingerprint density at radius 3 is 1.79 bits per heavy atom. The maximum atomic E-state index is 10.00. The van der Waals surface area contributed by atoms with E-state index in [1.807, 2.05) is 0 Å². The van der Waals surface area contributed by atoms with Crippen molar-refractivity contribution in [2.45, 2.75) is 30.5 Å². The Labute approximate surface area is 79.9 Å². The van der Waals surface area contributed by atoms with Crippen LogP contribution >= 0.6 is 0 Å². The third-order valence-electron chi connectivity index (χ3n) is 1.77. The topological polar surface area (TPSA) is 138 Å². The van der Waals surface area contributed by atoms with E-state index in [4.69, 9.17) is 30.6 Å². The first-order valence-corrected chi connectivity index (χ1v) is 3.92. The molecule has 7 nitrogen and oxygen atoms in total. The zero-order valence-electron chi connectivity index (χ0n) is 7.26. The molecule has 7 heteroatoms. The first kappa shape index (κ1) is 13.4. The number of carbonyl (C=O) groups is 1. The average molecular weight is 210 g/mol. The number of carbonyl (C=O) groups excluding carboxylic acids is 1. The van der Waals surface area contributed by atoms with Crippen molar-refractivity contribution in [1.29, 1.82) is 0 Å². The molecule has 0 aliphatic heterocycles. The lowest BCUT2D eigenvalue weighted by Gasteiger charge is -2.26. The fraction of sp³-hybridized carbons (Fsp3) is 0.857. The van der Waals surface area contributed by atoms with E-state index in [1.165, 1.54) is 0 Å². The van der Waals surface area contributed by atoms with E-state index >= 15 is 0 Å². The maximum Gasteiger partial charge on any atom is 0.151 e. The van der Waals surface area contributed by atoms with E-state index in [2.05, 4.69) is 0 Å². The predicted octanol–water partition coefficient (Wildman–Crippen LogP) is -4.02. The number of hydrogen-bond donors (Lipinski definition) is 6. The largest absolute Gasteiger partial charge is 0.394 e. The molecular weight excluding hydrogens is 196 g/mol. The summed E-state index contributed by atoms with van der Waals surface area (Å²) in [5.74, 6) is 0. The summed E-state index contributed by atoms with van der Waals surface area (Å²) in [5.41, 5.74) is 0. The van der Waals surface area contributed by atoms with Crippen molar-refractivity contribution in [3.05, 3.63) is 0 Å². The SMILES string of the molecule is O=C[C@@H](O)[C@@H](O)[C@H](O)[C@H](O)[C@H](O)CO. The van der Waals surface area contributed by atoms with Gasteiger partial charge in [-0.25, -0.2) is 0 Å². The van der Waals surface area contributed by atoms with E-state index in [1.54, 1.807) is 0 Å². The van der Waals surface area contributed by atoms with E-state index in [0.29, 0.717) is 0 Å². The molecule has 0 radical (unpaired) electrons. The second kappa shape index (κ2) is 6.02. The number of aldehydes is 1. The molecule has 0 saturated carbocycles. The Kier molecular flexibility index (Phi) is 5.77. The highest BCUT2D eigenvalue weighted by atomic mass is 16.4. The Morgan fingerprint density at radius 1 is 0.929 bits per heavy atom. The van der Waals surface area contributed by atoms with Crippen LogP contribution in [-0.4, -0.2) is 74.1 Å². The molecule has 0 aliphatic carbocycles. The van der Waals surface area contributed by atoms with E-state index in [9.17, 15) is 4.79 Å². The highest BCUT2D eigenvalue weighted by molar-refractivity contribution is 5.56. The zero-order chi connectivity index (χ0) is 11.3. The summed E-state index contributed by atoms with van der Waals surface area (Å²) >= 11 is 0. The molecule has 0 bridgehead atoms. The van der Waals surface area contributed by atoms with Gasteiger partial charge in [0, 0.05) is 0 Å². The third-order valence-corrected chi connectivity index (χ3v) is 1.77. The molecule has 5 atom stereocenters. The van der Waals surface area contributed by atoms with Gasteiger partial charge in [0.05, 0.1) is 6.61 Å². The van der Waals surface area contributed by atoms with Crippen LogP contribution in [0.4, 0.5) is 0 Å². The van der Waals surface area contributed by atoms with Crippen molar-refractivity contribution in [2.75, 3.05) is 6.61 Å². The molecule has 0 aromatic heterocycles. The van der Waals surface area contributed by atoms with Crippen LogP contribution in [0.2, 0.25) is 0 Å². The molecule has 84 valence electrons. The molecule has 0 spiro atoms. The minimum Gasteiger partial charge on any atom is -0.394 e. The van der Waals surface area contributed by atoms with Crippen LogP contribution in [0.15, 0.2) is 0 Å². The van der Waals surface area contributed by atoms with Gasteiger partial charge < -0.3 is 35.4 Å². The summed E-state index contributed by atoms with van der Waals surface area (Å²) in [4.78, 5) is 10.00. The van der Waals surface area contributed by atoms with Crippen molar-refractivity contribution in [1.82, 2.24) is 0 Å². The van der Waals surface area contributed by atoms with Gasteiger partial charge in [-0.2, -0.15) is 0 Å². The fourth-order valence-electron chi connectivity index (χ4n) is 0.820. The molecule has 0 amide bonds. The Morgan fingerprint density at radius 2 is 1.43 bits per heavy atom. The lowest BCUT2D eigenvalue weighted by molar-refractivity contribution is -0.147. The summed E-state index contributed by atoms with van der Waals surface area (Å²) in [7, 11) is 0. The molecule has 0 aliphatic rings. The summed E-state index contributed by atoms with van der Waals surface area (Å²) in [5, 5.41) is 53.2. The van der Waals surface area contributed by atoms with Crippen LogP contribution in [0.5, 0.6) is 0 Å². The standard InChI is InChI=1S/C7H14O7/c8-1-3(10)5(12)7(14)6(13)4(11)2-9/h1,3-7,9-14H,2H2/t3-,4-,5-,6-,7+/m1/s1. The van der Waals surface area contributed by atoms with Gasteiger partial charge >= 0.3 is 0 Å². The molecule has 14 heavy (non-hydrogen) atoms. The molecule has 0 fully saturated rings. The quantitative estimate of drug-likeness (QED) is 0.245. The van der Waals surface area contributed by atoms with Crippen molar-refractivity contribution in [3.8, 4) is 0 Å².